The van der Waals surface area contributed by atoms with Crippen molar-refractivity contribution in [3.63, 3.8) is 0 Å². The second-order valence-electron chi connectivity index (χ2n) is 4.03. The molecule has 0 radical (unpaired) electrons. The lowest BCUT2D eigenvalue weighted by molar-refractivity contribution is 0.466. The molecule has 1 aliphatic heterocycles. The third kappa shape index (κ3) is 2.75. The van der Waals surface area contributed by atoms with Gasteiger partial charge in [-0.15, -0.1) is 11.3 Å². The Morgan fingerprint density at radius 1 is 1.60 bits per heavy atom. The van der Waals surface area contributed by atoms with Crippen molar-refractivity contribution in [2.24, 2.45) is 4.99 Å². The molecular weight excluding hydrogens is 224 g/mol. The van der Waals surface area contributed by atoms with Gasteiger partial charge in [0.05, 0.1) is 6.54 Å². The number of thiophene rings is 1. The van der Waals surface area contributed by atoms with E-state index >= 15 is 0 Å². The van der Waals surface area contributed by atoms with Crippen LogP contribution in [0, 0.1) is 0 Å². The number of hydrogen-bond acceptors (Lipinski definition) is 3. The van der Waals surface area contributed by atoms with Crippen molar-refractivity contribution in [3.05, 3.63) is 22.4 Å². The lowest BCUT2D eigenvalue weighted by Crippen LogP contribution is -2.39. The van der Waals surface area contributed by atoms with Gasteiger partial charge in [0.2, 0.25) is 0 Å². The van der Waals surface area contributed by atoms with E-state index in [1.807, 2.05) is 11.8 Å². The minimum absolute atomic E-state index is 0.249. The Bertz CT molecular complexity index is 345. The van der Waals surface area contributed by atoms with E-state index in [1.165, 1.54) is 4.88 Å². The summed E-state index contributed by atoms with van der Waals surface area (Å²) in [5.41, 5.74) is 0.249. The van der Waals surface area contributed by atoms with Crippen LogP contribution < -0.4 is 5.32 Å². The van der Waals surface area contributed by atoms with Crippen molar-refractivity contribution >= 4 is 28.3 Å². The molecule has 1 fully saturated rings. The van der Waals surface area contributed by atoms with E-state index in [0.29, 0.717) is 0 Å². The van der Waals surface area contributed by atoms with Gasteiger partial charge in [-0.05, 0) is 24.8 Å². The number of nitrogens with one attached hydrogen (secondary N) is 1. The summed E-state index contributed by atoms with van der Waals surface area (Å²) in [6, 6.07) is 4.21. The standard InChI is InChI=1S/C11H16N2S2/c1-3-11(2)8-15-10(13-11)12-7-9-5-4-6-14-9/h4-6H,3,7-8H2,1-2H3,(H,12,13). The largest absolute Gasteiger partial charge is 0.359 e. The molecule has 1 aromatic rings. The highest BCUT2D eigenvalue weighted by Crippen LogP contribution is 2.25. The van der Waals surface area contributed by atoms with Crippen LogP contribution in [-0.4, -0.2) is 16.5 Å². The van der Waals surface area contributed by atoms with Crippen molar-refractivity contribution < 1.29 is 0 Å². The summed E-state index contributed by atoms with van der Waals surface area (Å²) in [6.45, 7) is 5.29. The Kier molecular flexibility index (Phi) is 3.36. The lowest BCUT2D eigenvalue weighted by atomic mass is 10.0. The van der Waals surface area contributed by atoms with Crippen molar-refractivity contribution in [3.8, 4) is 0 Å². The van der Waals surface area contributed by atoms with Crippen LogP contribution in [0.1, 0.15) is 25.1 Å². The van der Waals surface area contributed by atoms with Gasteiger partial charge in [-0.2, -0.15) is 0 Å². The zero-order valence-corrected chi connectivity index (χ0v) is 10.8. The van der Waals surface area contributed by atoms with Crippen LogP contribution in [0.5, 0.6) is 0 Å². The average molecular weight is 240 g/mol. The van der Waals surface area contributed by atoms with Crippen molar-refractivity contribution in [2.75, 3.05) is 5.75 Å². The van der Waals surface area contributed by atoms with Gasteiger partial charge in [0, 0.05) is 16.2 Å². The number of aliphatic imine (C=N–C) groups is 1. The minimum Gasteiger partial charge on any atom is -0.359 e. The van der Waals surface area contributed by atoms with Gasteiger partial charge in [-0.3, -0.25) is 4.99 Å². The van der Waals surface area contributed by atoms with Crippen LogP contribution in [-0.2, 0) is 6.54 Å². The molecule has 1 atom stereocenters. The second-order valence-corrected chi connectivity index (χ2v) is 6.02. The normalized spacial score (nSPS) is 28.3. The van der Waals surface area contributed by atoms with Gasteiger partial charge in [0.15, 0.2) is 5.17 Å². The number of amidine groups is 1. The molecule has 1 N–H and O–H groups in total. The van der Waals surface area contributed by atoms with Gasteiger partial charge in [-0.25, -0.2) is 0 Å². The molecule has 2 heterocycles. The van der Waals surface area contributed by atoms with Crippen molar-refractivity contribution in [2.45, 2.75) is 32.4 Å². The fourth-order valence-corrected chi connectivity index (χ4v) is 3.22. The van der Waals surface area contributed by atoms with Crippen LogP contribution in [0.3, 0.4) is 0 Å². The molecule has 1 unspecified atom stereocenters. The highest BCUT2D eigenvalue weighted by molar-refractivity contribution is 8.14. The lowest BCUT2D eigenvalue weighted by Gasteiger charge is -2.20. The molecular formula is C11H16N2S2. The molecule has 15 heavy (non-hydrogen) atoms. The van der Waals surface area contributed by atoms with Crippen LogP contribution in [0.2, 0.25) is 0 Å². The van der Waals surface area contributed by atoms with Gasteiger partial charge in [0.1, 0.15) is 0 Å². The average Bonchev–Trinajstić information content (AvgIpc) is 2.85. The third-order valence-electron chi connectivity index (χ3n) is 2.68. The van der Waals surface area contributed by atoms with E-state index < -0.39 is 0 Å². The first-order valence-corrected chi connectivity index (χ1v) is 7.06. The smallest absolute Gasteiger partial charge is 0.157 e. The molecule has 1 saturated heterocycles. The number of thioether (sulfide) groups is 1. The molecule has 0 aliphatic carbocycles. The highest BCUT2D eigenvalue weighted by atomic mass is 32.2. The van der Waals surface area contributed by atoms with Crippen LogP contribution >= 0.6 is 23.1 Å². The van der Waals surface area contributed by atoms with Gasteiger partial charge < -0.3 is 5.32 Å². The SMILES string of the molecule is CCC1(C)CSC(=NCc2cccs2)N1. The summed E-state index contributed by atoms with van der Waals surface area (Å²) >= 11 is 3.61. The molecule has 82 valence electrons. The predicted molar refractivity (Wildman–Crippen MR) is 69.7 cm³/mol. The third-order valence-corrected chi connectivity index (χ3v) is 4.82. The molecule has 0 aromatic carbocycles. The molecule has 0 spiro atoms. The van der Waals surface area contributed by atoms with Crippen LogP contribution in [0.4, 0.5) is 0 Å². The first-order valence-electron chi connectivity index (χ1n) is 5.20. The Hall–Kier alpha value is -0.480. The predicted octanol–water partition coefficient (Wildman–Crippen LogP) is 3.11. The van der Waals surface area contributed by atoms with E-state index in [9.17, 15) is 0 Å². The van der Waals surface area contributed by atoms with E-state index in [4.69, 9.17) is 0 Å². The summed E-state index contributed by atoms with van der Waals surface area (Å²) in [4.78, 5) is 5.92. The van der Waals surface area contributed by atoms with Crippen molar-refractivity contribution in [1.82, 2.24) is 5.32 Å². The number of hydrogen-bond donors (Lipinski definition) is 1. The first-order chi connectivity index (χ1) is 7.22. The molecule has 0 saturated carbocycles. The van der Waals surface area contributed by atoms with E-state index in [-0.39, 0.29) is 5.54 Å². The van der Waals surface area contributed by atoms with Crippen molar-refractivity contribution in [1.29, 1.82) is 0 Å². The Labute approximate surface area is 99.2 Å². The molecule has 2 nitrogen and oxygen atoms in total. The summed E-state index contributed by atoms with van der Waals surface area (Å²) in [5.74, 6) is 1.13. The fourth-order valence-electron chi connectivity index (χ4n) is 1.39. The Balaban J connectivity index is 1.93. The molecule has 0 amide bonds. The van der Waals surface area contributed by atoms with E-state index in [2.05, 4.69) is 41.7 Å². The first kappa shape index (κ1) is 11.0. The maximum Gasteiger partial charge on any atom is 0.157 e. The monoisotopic (exact) mass is 240 g/mol. The number of nitrogens with zero attached hydrogens (tertiary/aromatic N) is 1. The topological polar surface area (TPSA) is 24.4 Å². The molecule has 1 aromatic heterocycles. The molecule has 1 aliphatic rings. The second kappa shape index (κ2) is 4.58. The van der Waals surface area contributed by atoms with Crippen LogP contribution in [0.25, 0.3) is 0 Å². The molecule has 0 bridgehead atoms. The summed E-state index contributed by atoms with van der Waals surface area (Å²) < 4.78 is 0. The molecule has 2 rings (SSSR count). The van der Waals surface area contributed by atoms with Gasteiger partial charge in [-0.1, -0.05) is 24.8 Å². The van der Waals surface area contributed by atoms with E-state index in [1.54, 1.807) is 11.3 Å². The van der Waals surface area contributed by atoms with Gasteiger partial charge in [0.25, 0.3) is 0 Å². The fraction of sp³-hybridized carbons (Fsp3) is 0.545. The minimum atomic E-state index is 0.249. The zero-order valence-electron chi connectivity index (χ0n) is 9.12. The summed E-state index contributed by atoms with van der Waals surface area (Å²) in [6.07, 6.45) is 1.15. The maximum absolute atomic E-state index is 4.59. The maximum atomic E-state index is 4.59. The van der Waals surface area contributed by atoms with E-state index in [0.717, 1.165) is 23.9 Å². The van der Waals surface area contributed by atoms with Crippen LogP contribution in [0.15, 0.2) is 22.5 Å². The quantitative estimate of drug-likeness (QED) is 0.878. The summed E-state index contributed by atoms with van der Waals surface area (Å²) in [5, 5.41) is 6.70. The Morgan fingerprint density at radius 2 is 2.47 bits per heavy atom. The Morgan fingerprint density at radius 3 is 3.07 bits per heavy atom. The highest BCUT2D eigenvalue weighted by Gasteiger charge is 2.30. The van der Waals surface area contributed by atoms with Gasteiger partial charge >= 0.3 is 0 Å². The number of rotatable bonds is 3. The zero-order chi connectivity index (χ0) is 10.7. The molecule has 4 heteroatoms. The summed E-state index contributed by atoms with van der Waals surface area (Å²) in [7, 11) is 0.